The van der Waals surface area contributed by atoms with Crippen molar-refractivity contribution in [3.63, 3.8) is 0 Å². The lowest BCUT2D eigenvalue weighted by atomic mass is 9.83. The van der Waals surface area contributed by atoms with E-state index in [9.17, 15) is 0 Å². The Labute approximate surface area is 122 Å². The largest absolute Gasteiger partial charge is 0.373 e. The van der Waals surface area contributed by atoms with Crippen LogP contribution in [0.25, 0.3) is 0 Å². The highest BCUT2D eigenvalue weighted by Crippen LogP contribution is 2.40. The predicted octanol–water partition coefficient (Wildman–Crippen LogP) is 4.02. The molecular weight excluding hydrogens is 248 g/mol. The molecule has 0 aromatic carbocycles. The van der Waals surface area contributed by atoms with E-state index >= 15 is 0 Å². The summed E-state index contributed by atoms with van der Waals surface area (Å²) in [6, 6.07) is 2.00. The van der Waals surface area contributed by atoms with Gasteiger partial charge >= 0.3 is 0 Å². The molecule has 1 aromatic rings. The van der Waals surface area contributed by atoms with Gasteiger partial charge in [-0.25, -0.2) is 9.97 Å². The first-order valence-electron chi connectivity index (χ1n) is 7.89. The number of hydrogen-bond donors (Lipinski definition) is 2. The smallest absolute Gasteiger partial charge is 0.135 e. The van der Waals surface area contributed by atoms with Crippen LogP contribution in [-0.2, 0) is 0 Å². The summed E-state index contributed by atoms with van der Waals surface area (Å²) in [5.74, 6) is 3.09. The molecule has 2 rings (SSSR count). The van der Waals surface area contributed by atoms with Crippen molar-refractivity contribution in [1.82, 2.24) is 9.97 Å². The average molecular weight is 276 g/mol. The highest BCUT2D eigenvalue weighted by atomic mass is 15.1. The van der Waals surface area contributed by atoms with E-state index in [1.165, 1.54) is 32.1 Å². The van der Waals surface area contributed by atoms with E-state index < -0.39 is 0 Å². The molecule has 0 aliphatic heterocycles. The quantitative estimate of drug-likeness (QED) is 0.824. The van der Waals surface area contributed by atoms with Crippen LogP contribution in [0.2, 0.25) is 0 Å². The molecule has 0 bridgehead atoms. The van der Waals surface area contributed by atoms with Crippen molar-refractivity contribution in [1.29, 1.82) is 0 Å². The minimum absolute atomic E-state index is 0.343. The second kappa shape index (κ2) is 6.42. The Morgan fingerprint density at radius 1 is 1.20 bits per heavy atom. The second-order valence-electron chi connectivity index (χ2n) is 6.32. The Balaban J connectivity index is 2.10. The normalized spacial score (nSPS) is 17.4. The standard InChI is InChI=1S/C16H28N4/c1-5-16(8-6-7-9-16)11-18-14-10-13(17-4)19-15(20-14)12(2)3/h10,12H,5-9,11H2,1-4H3,(H2,17,18,19,20). The van der Waals surface area contributed by atoms with Crippen molar-refractivity contribution >= 4 is 11.6 Å². The summed E-state index contributed by atoms with van der Waals surface area (Å²) in [6.07, 6.45) is 6.69. The Morgan fingerprint density at radius 3 is 2.40 bits per heavy atom. The van der Waals surface area contributed by atoms with Crippen molar-refractivity contribution in [2.45, 2.75) is 58.8 Å². The minimum atomic E-state index is 0.343. The van der Waals surface area contributed by atoms with Gasteiger partial charge in [-0.05, 0) is 24.7 Å². The van der Waals surface area contributed by atoms with Crippen LogP contribution >= 0.6 is 0 Å². The molecule has 1 aliphatic carbocycles. The van der Waals surface area contributed by atoms with Crippen molar-refractivity contribution in [3.8, 4) is 0 Å². The molecule has 0 radical (unpaired) electrons. The first-order valence-corrected chi connectivity index (χ1v) is 7.89. The van der Waals surface area contributed by atoms with Gasteiger partial charge in [-0.1, -0.05) is 33.6 Å². The highest BCUT2D eigenvalue weighted by molar-refractivity contribution is 5.47. The summed E-state index contributed by atoms with van der Waals surface area (Å²) in [5.41, 5.74) is 0.475. The van der Waals surface area contributed by atoms with E-state index in [-0.39, 0.29) is 0 Å². The van der Waals surface area contributed by atoms with Crippen LogP contribution in [-0.4, -0.2) is 23.6 Å². The van der Waals surface area contributed by atoms with Gasteiger partial charge in [0.2, 0.25) is 0 Å². The molecule has 20 heavy (non-hydrogen) atoms. The molecule has 1 aliphatic rings. The van der Waals surface area contributed by atoms with Gasteiger partial charge in [0.15, 0.2) is 0 Å². The zero-order valence-corrected chi connectivity index (χ0v) is 13.3. The maximum Gasteiger partial charge on any atom is 0.135 e. The third-order valence-electron chi connectivity index (χ3n) is 4.57. The molecule has 4 heteroatoms. The monoisotopic (exact) mass is 276 g/mol. The van der Waals surface area contributed by atoms with Gasteiger partial charge in [0.1, 0.15) is 17.5 Å². The molecular formula is C16H28N4. The van der Waals surface area contributed by atoms with E-state index in [0.29, 0.717) is 11.3 Å². The minimum Gasteiger partial charge on any atom is -0.373 e. The first kappa shape index (κ1) is 15.1. The number of anilines is 2. The molecule has 1 heterocycles. The highest BCUT2D eigenvalue weighted by Gasteiger charge is 2.31. The van der Waals surface area contributed by atoms with Crippen LogP contribution in [0.4, 0.5) is 11.6 Å². The Bertz CT molecular complexity index is 436. The van der Waals surface area contributed by atoms with E-state index in [1.54, 1.807) is 0 Å². The van der Waals surface area contributed by atoms with Crippen LogP contribution in [0.3, 0.4) is 0 Å². The molecule has 0 saturated heterocycles. The van der Waals surface area contributed by atoms with E-state index in [1.807, 2.05) is 13.1 Å². The maximum absolute atomic E-state index is 4.65. The summed E-state index contributed by atoms with van der Waals surface area (Å²) in [6.45, 7) is 7.60. The third kappa shape index (κ3) is 3.41. The SMILES string of the molecule is CCC1(CNc2cc(NC)nc(C(C)C)n2)CCCC1. The van der Waals surface area contributed by atoms with Crippen LogP contribution in [0.1, 0.15) is 64.6 Å². The lowest BCUT2D eigenvalue weighted by Gasteiger charge is -2.28. The number of hydrogen-bond acceptors (Lipinski definition) is 4. The van der Waals surface area contributed by atoms with Crippen LogP contribution in [0, 0.1) is 5.41 Å². The number of aromatic nitrogens is 2. The molecule has 1 saturated carbocycles. The molecule has 0 spiro atoms. The van der Waals surface area contributed by atoms with Crippen molar-refractivity contribution in [2.75, 3.05) is 24.2 Å². The average Bonchev–Trinajstić information content (AvgIpc) is 2.94. The van der Waals surface area contributed by atoms with Gasteiger partial charge < -0.3 is 10.6 Å². The van der Waals surface area contributed by atoms with Gasteiger partial charge in [0, 0.05) is 25.6 Å². The fraction of sp³-hybridized carbons (Fsp3) is 0.750. The molecule has 1 fully saturated rings. The topological polar surface area (TPSA) is 49.8 Å². The van der Waals surface area contributed by atoms with Gasteiger partial charge in [-0.15, -0.1) is 0 Å². The Hall–Kier alpha value is -1.32. The van der Waals surface area contributed by atoms with Crippen molar-refractivity contribution in [3.05, 3.63) is 11.9 Å². The molecule has 0 atom stereocenters. The van der Waals surface area contributed by atoms with E-state index in [4.69, 9.17) is 0 Å². The molecule has 0 amide bonds. The maximum atomic E-state index is 4.65. The summed E-state index contributed by atoms with van der Waals surface area (Å²) in [4.78, 5) is 9.15. The lowest BCUT2D eigenvalue weighted by molar-refractivity contribution is 0.306. The van der Waals surface area contributed by atoms with Gasteiger partial charge in [0.05, 0.1) is 0 Å². The van der Waals surface area contributed by atoms with Crippen LogP contribution in [0.5, 0.6) is 0 Å². The van der Waals surface area contributed by atoms with E-state index in [0.717, 1.165) is 24.0 Å². The van der Waals surface area contributed by atoms with Crippen molar-refractivity contribution < 1.29 is 0 Å². The lowest BCUT2D eigenvalue weighted by Crippen LogP contribution is -2.26. The fourth-order valence-electron chi connectivity index (χ4n) is 3.00. The van der Waals surface area contributed by atoms with Crippen LogP contribution in [0.15, 0.2) is 6.07 Å². The van der Waals surface area contributed by atoms with E-state index in [2.05, 4.69) is 41.4 Å². The zero-order chi connectivity index (χ0) is 14.6. The molecule has 1 aromatic heterocycles. The van der Waals surface area contributed by atoms with Gasteiger partial charge in [0.25, 0.3) is 0 Å². The molecule has 0 unspecified atom stereocenters. The number of nitrogens with one attached hydrogen (secondary N) is 2. The van der Waals surface area contributed by atoms with Crippen LogP contribution < -0.4 is 10.6 Å². The van der Waals surface area contributed by atoms with Gasteiger partial charge in [-0.2, -0.15) is 0 Å². The molecule has 112 valence electrons. The predicted molar refractivity (Wildman–Crippen MR) is 85.3 cm³/mol. The third-order valence-corrected chi connectivity index (χ3v) is 4.57. The summed E-state index contributed by atoms with van der Waals surface area (Å²) in [7, 11) is 1.90. The second-order valence-corrected chi connectivity index (χ2v) is 6.32. The number of rotatable bonds is 6. The Morgan fingerprint density at radius 2 is 1.85 bits per heavy atom. The zero-order valence-electron chi connectivity index (χ0n) is 13.3. The Kier molecular flexibility index (Phi) is 4.84. The van der Waals surface area contributed by atoms with Crippen molar-refractivity contribution in [2.24, 2.45) is 5.41 Å². The first-order chi connectivity index (χ1) is 9.58. The number of nitrogens with zero attached hydrogens (tertiary/aromatic N) is 2. The molecule has 4 nitrogen and oxygen atoms in total. The van der Waals surface area contributed by atoms with Gasteiger partial charge in [-0.3, -0.25) is 0 Å². The summed E-state index contributed by atoms with van der Waals surface area (Å²) in [5, 5.41) is 6.68. The summed E-state index contributed by atoms with van der Waals surface area (Å²) < 4.78 is 0. The molecule has 2 N–H and O–H groups in total. The fourth-order valence-corrected chi connectivity index (χ4v) is 3.00. The summed E-state index contributed by atoms with van der Waals surface area (Å²) >= 11 is 0.